The van der Waals surface area contributed by atoms with Crippen molar-refractivity contribution in [2.24, 2.45) is 0 Å². The van der Waals surface area contributed by atoms with E-state index in [4.69, 9.17) is 0 Å². The van der Waals surface area contributed by atoms with E-state index in [2.05, 4.69) is 29.5 Å². The van der Waals surface area contributed by atoms with Gasteiger partial charge in [0.1, 0.15) is 0 Å². The number of amides is 2. The van der Waals surface area contributed by atoms with E-state index in [0.717, 1.165) is 24.3 Å². The molecule has 0 radical (unpaired) electrons. The van der Waals surface area contributed by atoms with Gasteiger partial charge in [-0.3, -0.25) is 19.9 Å². The van der Waals surface area contributed by atoms with Gasteiger partial charge >= 0.3 is 0 Å². The Bertz CT molecular complexity index is 470. The molecule has 20 heavy (non-hydrogen) atoms. The minimum atomic E-state index is -0.274. The lowest BCUT2D eigenvalue weighted by molar-refractivity contribution is -0.130. The fraction of sp³-hybridized carbons (Fsp3) is 0.500. The van der Waals surface area contributed by atoms with Crippen molar-refractivity contribution in [3.05, 3.63) is 24.0 Å². The molecule has 0 bridgehead atoms. The second-order valence-corrected chi connectivity index (χ2v) is 4.79. The van der Waals surface area contributed by atoms with Crippen LogP contribution in [0, 0.1) is 0 Å². The highest BCUT2D eigenvalue weighted by Gasteiger charge is 2.23. The van der Waals surface area contributed by atoms with Gasteiger partial charge in [0, 0.05) is 6.04 Å². The monoisotopic (exact) mass is 276 g/mol. The van der Waals surface area contributed by atoms with Crippen molar-refractivity contribution in [1.82, 2.24) is 15.6 Å². The summed E-state index contributed by atoms with van der Waals surface area (Å²) in [6.45, 7) is 5.45. The van der Waals surface area contributed by atoms with Gasteiger partial charge in [0.15, 0.2) is 0 Å². The molecule has 1 aliphatic heterocycles. The molecular formula is C14H20N4O2. The summed E-state index contributed by atoms with van der Waals surface area (Å²) in [5.41, 5.74) is 1.77. The molecule has 0 saturated carbocycles. The lowest BCUT2D eigenvalue weighted by atomic mass is 10.1. The molecule has 108 valence electrons. The molecule has 1 fully saturated rings. The molecule has 0 aliphatic carbocycles. The Morgan fingerprint density at radius 1 is 1.30 bits per heavy atom. The second-order valence-electron chi connectivity index (χ2n) is 4.79. The van der Waals surface area contributed by atoms with Gasteiger partial charge in [-0.1, -0.05) is 13.8 Å². The van der Waals surface area contributed by atoms with Gasteiger partial charge in [0.25, 0.3) is 0 Å². The van der Waals surface area contributed by atoms with Gasteiger partial charge < -0.3 is 10.2 Å². The first-order valence-electron chi connectivity index (χ1n) is 6.91. The summed E-state index contributed by atoms with van der Waals surface area (Å²) in [5.74, 6) is -0.547. The van der Waals surface area contributed by atoms with Gasteiger partial charge in [-0.15, -0.1) is 0 Å². The smallest absolute Gasteiger partial charge is 0.246 e. The number of nitrogens with zero attached hydrogens (tertiary/aromatic N) is 2. The zero-order valence-corrected chi connectivity index (χ0v) is 11.8. The van der Waals surface area contributed by atoms with Gasteiger partial charge in [-0.25, -0.2) is 0 Å². The third-order valence-corrected chi connectivity index (χ3v) is 3.30. The molecule has 1 atom stereocenters. The molecule has 0 spiro atoms. The van der Waals surface area contributed by atoms with E-state index < -0.39 is 0 Å². The molecule has 2 amide bonds. The van der Waals surface area contributed by atoms with Crippen molar-refractivity contribution in [2.75, 3.05) is 24.5 Å². The minimum Gasteiger partial charge on any atom is -0.352 e. The standard InChI is InChI=1S/C14H20N4O2/c1-3-11(15-4-2)12-6-5-10(7-16-12)18-8-13(19)17-14(20)9-18/h5-7,11,15H,3-4,8-9H2,1-2H3,(H,17,19,20). The lowest BCUT2D eigenvalue weighted by Crippen LogP contribution is -2.51. The molecule has 2 heterocycles. The summed E-state index contributed by atoms with van der Waals surface area (Å²) in [6, 6.07) is 4.09. The molecule has 1 aromatic heterocycles. The molecule has 6 heteroatoms. The largest absolute Gasteiger partial charge is 0.352 e. The Kier molecular flexibility index (Phi) is 4.68. The molecule has 6 nitrogen and oxygen atoms in total. The zero-order chi connectivity index (χ0) is 14.5. The van der Waals surface area contributed by atoms with Crippen LogP contribution in [-0.4, -0.2) is 36.4 Å². The maximum Gasteiger partial charge on any atom is 0.246 e. The van der Waals surface area contributed by atoms with Crippen LogP contribution in [0.2, 0.25) is 0 Å². The fourth-order valence-corrected chi connectivity index (χ4v) is 2.31. The van der Waals surface area contributed by atoms with E-state index in [0.29, 0.717) is 0 Å². The number of rotatable bonds is 5. The fourth-order valence-electron chi connectivity index (χ4n) is 2.31. The van der Waals surface area contributed by atoms with Crippen LogP contribution in [-0.2, 0) is 9.59 Å². The van der Waals surface area contributed by atoms with Crippen molar-refractivity contribution < 1.29 is 9.59 Å². The number of piperazine rings is 1. The predicted octanol–water partition coefficient (Wildman–Crippen LogP) is 0.605. The highest BCUT2D eigenvalue weighted by Crippen LogP contribution is 2.19. The van der Waals surface area contributed by atoms with E-state index in [-0.39, 0.29) is 30.9 Å². The summed E-state index contributed by atoms with van der Waals surface area (Å²) in [4.78, 5) is 28.9. The van der Waals surface area contributed by atoms with Crippen LogP contribution in [0.15, 0.2) is 18.3 Å². The summed E-state index contributed by atoms with van der Waals surface area (Å²) in [7, 11) is 0. The molecule has 1 saturated heterocycles. The normalized spacial score (nSPS) is 17.0. The Morgan fingerprint density at radius 3 is 2.50 bits per heavy atom. The number of hydrogen-bond donors (Lipinski definition) is 2. The van der Waals surface area contributed by atoms with Crippen molar-refractivity contribution in [3.63, 3.8) is 0 Å². The quantitative estimate of drug-likeness (QED) is 0.771. The van der Waals surface area contributed by atoms with E-state index in [1.54, 1.807) is 11.1 Å². The number of aromatic nitrogens is 1. The lowest BCUT2D eigenvalue weighted by Gasteiger charge is -2.27. The van der Waals surface area contributed by atoms with Gasteiger partial charge in [0.05, 0.1) is 30.7 Å². The minimum absolute atomic E-state index is 0.192. The second kappa shape index (κ2) is 6.47. The number of nitrogens with one attached hydrogen (secondary N) is 2. The third kappa shape index (κ3) is 3.33. The van der Waals surface area contributed by atoms with E-state index in [1.165, 1.54) is 0 Å². The Balaban J connectivity index is 2.11. The Labute approximate surface area is 118 Å². The van der Waals surface area contributed by atoms with Crippen LogP contribution in [0.4, 0.5) is 5.69 Å². The summed E-state index contributed by atoms with van der Waals surface area (Å²) >= 11 is 0. The van der Waals surface area contributed by atoms with Gasteiger partial charge in [-0.2, -0.15) is 0 Å². The molecular weight excluding hydrogens is 256 g/mol. The average Bonchev–Trinajstić information content (AvgIpc) is 2.44. The predicted molar refractivity (Wildman–Crippen MR) is 76.3 cm³/mol. The van der Waals surface area contributed by atoms with Crippen LogP contribution in [0.5, 0.6) is 0 Å². The number of imide groups is 1. The molecule has 1 aliphatic rings. The Hall–Kier alpha value is -1.95. The van der Waals surface area contributed by atoms with Crippen molar-refractivity contribution in [3.8, 4) is 0 Å². The van der Waals surface area contributed by atoms with Gasteiger partial charge in [0.2, 0.25) is 11.8 Å². The number of pyridine rings is 1. The van der Waals surface area contributed by atoms with Crippen LogP contribution in [0.1, 0.15) is 32.0 Å². The highest BCUT2D eigenvalue weighted by molar-refractivity contribution is 6.02. The van der Waals surface area contributed by atoms with E-state index >= 15 is 0 Å². The van der Waals surface area contributed by atoms with E-state index in [9.17, 15) is 9.59 Å². The van der Waals surface area contributed by atoms with Crippen LogP contribution < -0.4 is 15.5 Å². The first-order chi connectivity index (χ1) is 9.63. The first kappa shape index (κ1) is 14.5. The number of hydrogen-bond acceptors (Lipinski definition) is 5. The summed E-state index contributed by atoms with van der Waals surface area (Å²) in [6.07, 6.45) is 2.69. The molecule has 0 aromatic carbocycles. The van der Waals surface area contributed by atoms with Crippen molar-refractivity contribution in [1.29, 1.82) is 0 Å². The van der Waals surface area contributed by atoms with Crippen LogP contribution >= 0.6 is 0 Å². The molecule has 1 aromatic rings. The summed E-state index contributed by atoms with van der Waals surface area (Å²) in [5, 5.41) is 5.65. The van der Waals surface area contributed by atoms with Crippen molar-refractivity contribution >= 4 is 17.5 Å². The number of carbonyl (C=O) groups is 2. The van der Waals surface area contributed by atoms with Crippen LogP contribution in [0.3, 0.4) is 0 Å². The highest BCUT2D eigenvalue weighted by atomic mass is 16.2. The maximum atomic E-state index is 11.4. The molecule has 2 rings (SSSR count). The number of carbonyl (C=O) groups excluding carboxylic acids is 2. The average molecular weight is 276 g/mol. The van der Waals surface area contributed by atoms with Gasteiger partial charge in [-0.05, 0) is 25.1 Å². The molecule has 2 N–H and O–H groups in total. The van der Waals surface area contributed by atoms with Crippen molar-refractivity contribution in [2.45, 2.75) is 26.3 Å². The Morgan fingerprint density at radius 2 is 2.00 bits per heavy atom. The SMILES string of the molecule is CCNC(CC)c1ccc(N2CC(=O)NC(=O)C2)cn1. The third-order valence-electron chi connectivity index (χ3n) is 3.30. The maximum absolute atomic E-state index is 11.4. The topological polar surface area (TPSA) is 74.3 Å². The van der Waals surface area contributed by atoms with E-state index in [1.807, 2.05) is 12.1 Å². The summed E-state index contributed by atoms with van der Waals surface area (Å²) < 4.78 is 0. The molecule has 1 unspecified atom stereocenters. The van der Waals surface area contributed by atoms with Crippen LogP contribution in [0.25, 0.3) is 0 Å². The zero-order valence-electron chi connectivity index (χ0n) is 11.8. The number of anilines is 1. The first-order valence-corrected chi connectivity index (χ1v) is 6.91.